The van der Waals surface area contributed by atoms with Gasteiger partial charge in [0.15, 0.2) is 0 Å². The van der Waals surface area contributed by atoms with Crippen LogP contribution >= 0.6 is 15.9 Å². The number of alkyl halides is 1. The zero-order chi connectivity index (χ0) is 12.9. The fourth-order valence-corrected chi connectivity index (χ4v) is 2.83. The van der Waals surface area contributed by atoms with E-state index < -0.39 is 0 Å². The van der Waals surface area contributed by atoms with E-state index in [1.807, 2.05) is 0 Å². The van der Waals surface area contributed by atoms with E-state index in [0.29, 0.717) is 0 Å². The van der Waals surface area contributed by atoms with Crippen molar-refractivity contribution in [2.24, 2.45) is 0 Å². The van der Waals surface area contributed by atoms with Crippen LogP contribution in [0.25, 0.3) is 0 Å². The number of hydrogen-bond donors (Lipinski definition) is 0. The average molecular weight is 306 g/mol. The molecule has 0 heterocycles. The van der Waals surface area contributed by atoms with Gasteiger partial charge in [0.1, 0.15) is 0 Å². The fraction of sp³-hybridized carbons (Fsp3) is 1.00. The molecule has 0 unspecified atom stereocenters. The zero-order valence-electron chi connectivity index (χ0n) is 12.2. The fourth-order valence-electron chi connectivity index (χ4n) is 2.43. The molecule has 2 heteroatoms. The smallest absolute Gasteiger partial charge is 0.00869 e. The first-order valence-corrected chi connectivity index (χ1v) is 8.64. The molecule has 0 aliphatic rings. The molecule has 0 aromatic rings. The summed E-state index contributed by atoms with van der Waals surface area (Å²) in [5.74, 6) is 0. The average Bonchev–Trinajstić information content (AvgIpc) is 2.34. The van der Waals surface area contributed by atoms with Crippen LogP contribution in [-0.4, -0.2) is 29.9 Å². The maximum absolute atomic E-state index is 3.48. The Hall–Kier alpha value is 0.440. The van der Waals surface area contributed by atoms with Crippen LogP contribution in [0.15, 0.2) is 0 Å². The maximum Gasteiger partial charge on any atom is 0.00869 e. The van der Waals surface area contributed by atoms with Crippen molar-refractivity contribution in [2.75, 3.05) is 18.9 Å². The van der Waals surface area contributed by atoms with Crippen molar-refractivity contribution < 1.29 is 0 Å². The highest BCUT2D eigenvalue weighted by Crippen LogP contribution is 2.10. The topological polar surface area (TPSA) is 3.24 Å². The summed E-state index contributed by atoms with van der Waals surface area (Å²) in [6.45, 7) is 5.89. The summed E-state index contributed by atoms with van der Waals surface area (Å²) in [5, 5.41) is 1.17. The van der Waals surface area contributed by atoms with E-state index in [-0.39, 0.29) is 0 Å². The molecule has 0 rings (SSSR count). The van der Waals surface area contributed by atoms with E-state index in [1.165, 1.54) is 69.7 Å². The minimum Gasteiger partial charge on any atom is -0.303 e. The Morgan fingerprint density at radius 3 is 1.76 bits per heavy atom. The molecular formula is C15H32BrN. The monoisotopic (exact) mass is 305 g/mol. The van der Waals surface area contributed by atoms with Crippen molar-refractivity contribution >= 4 is 15.9 Å². The first kappa shape index (κ1) is 17.4. The summed E-state index contributed by atoms with van der Waals surface area (Å²) in [6.07, 6.45) is 12.4. The van der Waals surface area contributed by atoms with Crippen LogP contribution in [0.2, 0.25) is 0 Å². The van der Waals surface area contributed by atoms with Gasteiger partial charge in [-0.05, 0) is 39.3 Å². The van der Waals surface area contributed by atoms with Crippen LogP contribution in [0, 0.1) is 0 Å². The Balaban J connectivity index is 3.27. The lowest BCUT2D eigenvalue weighted by Crippen LogP contribution is -2.31. The van der Waals surface area contributed by atoms with Crippen molar-refractivity contribution in [2.45, 2.75) is 77.7 Å². The molecule has 0 aliphatic heterocycles. The molecule has 0 atom stereocenters. The van der Waals surface area contributed by atoms with Crippen molar-refractivity contribution in [3.63, 3.8) is 0 Å². The normalized spacial score (nSPS) is 11.6. The molecule has 1 nitrogen and oxygen atoms in total. The number of nitrogens with zero attached hydrogens (tertiary/aromatic N) is 1. The van der Waals surface area contributed by atoms with Crippen molar-refractivity contribution in [3.05, 3.63) is 0 Å². The van der Waals surface area contributed by atoms with Gasteiger partial charge in [-0.3, -0.25) is 0 Å². The third-order valence-corrected chi connectivity index (χ3v) is 4.27. The molecule has 0 N–H and O–H groups in total. The summed E-state index contributed by atoms with van der Waals surface area (Å²) in [7, 11) is 2.29. The van der Waals surface area contributed by atoms with E-state index in [0.717, 1.165) is 6.04 Å². The Labute approximate surface area is 117 Å². The van der Waals surface area contributed by atoms with Gasteiger partial charge in [0, 0.05) is 11.4 Å². The van der Waals surface area contributed by atoms with Crippen LogP contribution in [0.4, 0.5) is 0 Å². The molecule has 0 radical (unpaired) electrons. The van der Waals surface area contributed by atoms with E-state index in [1.54, 1.807) is 0 Å². The van der Waals surface area contributed by atoms with Gasteiger partial charge >= 0.3 is 0 Å². The van der Waals surface area contributed by atoms with Gasteiger partial charge in [0.25, 0.3) is 0 Å². The van der Waals surface area contributed by atoms with E-state index in [4.69, 9.17) is 0 Å². The van der Waals surface area contributed by atoms with Crippen molar-refractivity contribution in [3.8, 4) is 0 Å². The predicted molar refractivity (Wildman–Crippen MR) is 83.1 cm³/mol. The Bertz CT molecular complexity index is 146. The first-order valence-electron chi connectivity index (χ1n) is 7.52. The SMILES string of the molecule is CCC(CC)N(C)CCCCCCCCCBr. The molecule has 104 valence electrons. The third-order valence-electron chi connectivity index (χ3n) is 3.71. The molecule has 0 spiro atoms. The van der Waals surface area contributed by atoms with Gasteiger partial charge in [-0.2, -0.15) is 0 Å². The highest BCUT2D eigenvalue weighted by Gasteiger charge is 2.08. The van der Waals surface area contributed by atoms with Gasteiger partial charge in [-0.25, -0.2) is 0 Å². The van der Waals surface area contributed by atoms with Crippen LogP contribution in [0.3, 0.4) is 0 Å². The largest absolute Gasteiger partial charge is 0.303 e. The van der Waals surface area contributed by atoms with Gasteiger partial charge in [-0.1, -0.05) is 61.9 Å². The second-order valence-corrected chi connectivity index (χ2v) is 5.91. The predicted octanol–water partition coefficient (Wildman–Crippen LogP) is 5.23. The Kier molecular flexibility index (Phi) is 13.2. The highest BCUT2D eigenvalue weighted by molar-refractivity contribution is 9.09. The Morgan fingerprint density at radius 2 is 1.29 bits per heavy atom. The molecule has 0 aliphatic carbocycles. The standard InChI is InChI=1S/C15H32BrN/c1-4-15(5-2)17(3)14-12-10-8-6-7-9-11-13-16/h15H,4-14H2,1-3H3. The lowest BCUT2D eigenvalue weighted by atomic mass is 10.1. The zero-order valence-corrected chi connectivity index (χ0v) is 13.8. The van der Waals surface area contributed by atoms with Gasteiger partial charge in [0.05, 0.1) is 0 Å². The van der Waals surface area contributed by atoms with Gasteiger partial charge < -0.3 is 4.90 Å². The van der Waals surface area contributed by atoms with Crippen molar-refractivity contribution in [1.82, 2.24) is 4.90 Å². The second-order valence-electron chi connectivity index (χ2n) is 5.11. The van der Waals surface area contributed by atoms with E-state index in [9.17, 15) is 0 Å². The number of hydrogen-bond acceptors (Lipinski definition) is 1. The minimum atomic E-state index is 0.800. The molecule has 0 amide bonds. The summed E-state index contributed by atoms with van der Waals surface area (Å²) < 4.78 is 0. The molecule has 0 saturated carbocycles. The molecular weight excluding hydrogens is 274 g/mol. The molecule has 0 bridgehead atoms. The van der Waals surface area contributed by atoms with Gasteiger partial charge in [0.2, 0.25) is 0 Å². The molecule has 0 saturated heterocycles. The molecule has 0 aromatic carbocycles. The van der Waals surface area contributed by atoms with Crippen molar-refractivity contribution in [1.29, 1.82) is 0 Å². The lowest BCUT2D eigenvalue weighted by molar-refractivity contribution is 0.225. The quantitative estimate of drug-likeness (QED) is 0.352. The maximum atomic E-state index is 3.48. The van der Waals surface area contributed by atoms with Crippen LogP contribution in [0.1, 0.15) is 71.6 Å². The summed E-state index contributed by atoms with van der Waals surface area (Å²) in [6, 6.07) is 0.800. The van der Waals surface area contributed by atoms with Crippen LogP contribution in [-0.2, 0) is 0 Å². The van der Waals surface area contributed by atoms with Crippen LogP contribution in [0.5, 0.6) is 0 Å². The summed E-state index contributed by atoms with van der Waals surface area (Å²) >= 11 is 3.48. The van der Waals surface area contributed by atoms with E-state index >= 15 is 0 Å². The number of halogens is 1. The first-order chi connectivity index (χ1) is 8.26. The Morgan fingerprint density at radius 1 is 0.824 bits per heavy atom. The van der Waals surface area contributed by atoms with Crippen LogP contribution < -0.4 is 0 Å². The second kappa shape index (κ2) is 12.9. The molecule has 0 aromatic heterocycles. The molecule has 0 fully saturated rings. The summed E-state index contributed by atoms with van der Waals surface area (Å²) in [4.78, 5) is 2.55. The highest BCUT2D eigenvalue weighted by atomic mass is 79.9. The van der Waals surface area contributed by atoms with Gasteiger partial charge in [-0.15, -0.1) is 0 Å². The lowest BCUT2D eigenvalue weighted by Gasteiger charge is -2.25. The number of unbranched alkanes of at least 4 members (excludes halogenated alkanes) is 6. The number of rotatable bonds is 12. The summed E-state index contributed by atoms with van der Waals surface area (Å²) in [5.41, 5.74) is 0. The molecule has 17 heavy (non-hydrogen) atoms. The minimum absolute atomic E-state index is 0.800. The third kappa shape index (κ3) is 10.1. The van der Waals surface area contributed by atoms with E-state index in [2.05, 4.69) is 41.7 Å².